The van der Waals surface area contributed by atoms with Crippen LogP contribution in [0, 0.1) is 0 Å². The van der Waals surface area contributed by atoms with Gasteiger partial charge in [0.1, 0.15) is 5.75 Å². The molecular weight excluding hydrogens is 348 g/mol. The zero-order chi connectivity index (χ0) is 18.4. The fourth-order valence-electron chi connectivity index (χ4n) is 2.82. The van der Waals surface area contributed by atoms with Gasteiger partial charge >= 0.3 is 0 Å². The predicted octanol–water partition coefficient (Wildman–Crippen LogP) is 3.66. The van der Waals surface area contributed by atoms with Crippen LogP contribution in [-0.2, 0) is 4.79 Å². The minimum absolute atomic E-state index is 0.0652. The number of anilines is 1. The molecule has 1 aliphatic heterocycles. The lowest BCUT2D eigenvalue weighted by Gasteiger charge is -2.15. The van der Waals surface area contributed by atoms with E-state index >= 15 is 0 Å². The van der Waals surface area contributed by atoms with Crippen LogP contribution in [0.25, 0.3) is 0 Å². The maximum Gasteiger partial charge on any atom is 0.253 e. The Bertz CT molecular complexity index is 754. The van der Waals surface area contributed by atoms with E-state index in [1.807, 2.05) is 29.2 Å². The summed E-state index contributed by atoms with van der Waals surface area (Å²) in [5, 5.41) is 2.86. The average Bonchev–Trinajstić information content (AvgIpc) is 3.21. The molecular formula is C20H22N2O3S. The molecule has 26 heavy (non-hydrogen) atoms. The summed E-state index contributed by atoms with van der Waals surface area (Å²) in [4.78, 5) is 27.3. The molecule has 1 saturated heterocycles. The Morgan fingerprint density at radius 2 is 1.69 bits per heavy atom. The monoisotopic (exact) mass is 370 g/mol. The zero-order valence-corrected chi connectivity index (χ0v) is 15.6. The van der Waals surface area contributed by atoms with Gasteiger partial charge in [0, 0.05) is 29.2 Å². The van der Waals surface area contributed by atoms with Gasteiger partial charge in [-0.15, -0.1) is 11.8 Å². The van der Waals surface area contributed by atoms with Crippen LogP contribution in [0.15, 0.2) is 53.4 Å². The second kappa shape index (κ2) is 8.76. The van der Waals surface area contributed by atoms with Crippen molar-refractivity contribution in [3.05, 3.63) is 54.1 Å². The Morgan fingerprint density at radius 1 is 1.04 bits per heavy atom. The minimum atomic E-state index is -0.0792. The molecule has 0 saturated carbocycles. The quantitative estimate of drug-likeness (QED) is 0.789. The van der Waals surface area contributed by atoms with Gasteiger partial charge in [0.2, 0.25) is 5.91 Å². The van der Waals surface area contributed by atoms with Gasteiger partial charge in [-0.2, -0.15) is 0 Å². The molecule has 3 rings (SSSR count). The smallest absolute Gasteiger partial charge is 0.253 e. The molecule has 0 bridgehead atoms. The van der Waals surface area contributed by atoms with Crippen LogP contribution < -0.4 is 10.1 Å². The first-order valence-corrected chi connectivity index (χ1v) is 9.60. The summed E-state index contributed by atoms with van der Waals surface area (Å²) in [6, 6.07) is 14.7. The van der Waals surface area contributed by atoms with E-state index in [1.54, 1.807) is 31.4 Å². The number of nitrogens with zero attached hydrogens (tertiary/aromatic N) is 1. The summed E-state index contributed by atoms with van der Waals surface area (Å²) in [5.74, 6) is 1.10. The molecule has 2 aromatic carbocycles. The summed E-state index contributed by atoms with van der Waals surface area (Å²) < 4.78 is 5.12. The molecule has 136 valence electrons. The van der Waals surface area contributed by atoms with Gasteiger partial charge in [0.05, 0.1) is 12.9 Å². The lowest BCUT2D eigenvalue weighted by Crippen LogP contribution is -2.27. The third-order valence-electron chi connectivity index (χ3n) is 4.24. The second-order valence-electron chi connectivity index (χ2n) is 6.09. The Kier molecular flexibility index (Phi) is 6.17. The van der Waals surface area contributed by atoms with Crippen molar-refractivity contribution in [3.63, 3.8) is 0 Å². The van der Waals surface area contributed by atoms with Crippen molar-refractivity contribution in [1.82, 2.24) is 4.90 Å². The predicted molar refractivity (Wildman–Crippen MR) is 104 cm³/mol. The van der Waals surface area contributed by atoms with E-state index in [2.05, 4.69) is 5.32 Å². The minimum Gasteiger partial charge on any atom is -0.497 e. The number of methoxy groups -OCH3 is 1. The van der Waals surface area contributed by atoms with Crippen molar-refractivity contribution in [3.8, 4) is 5.75 Å². The van der Waals surface area contributed by atoms with Gasteiger partial charge in [0.15, 0.2) is 0 Å². The van der Waals surface area contributed by atoms with Crippen LogP contribution in [0.4, 0.5) is 5.69 Å². The number of ether oxygens (including phenoxy) is 1. The third-order valence-corrected chi connectivity index (χ3v) is 5.25. The fraction of sp³-hybridized carbons (Fsp3) is 0.300. The molecule has 1 aliphatic rings. The molecule has 0 spiro atoms. The highest BCUT2D eigenvalue weighted by Gasteiger charge is 2.19. The van der Waals surface area contributed by atoms with Crippen LogP contribution >= 0.6 is 11.8 Å². The van der Waals surface area contributed by atoms with E-state index in [0.717, 1.165) is 36.6 Å². The van der Waals surface area contributed by atoms with Gasteiger partial charge in [0.25, 0.3) is 5.91 Å². The molecule has 1 heterocycles. The third kappa shape index (κ3) is 4.79. The van der Waals surface area contributed by atoms with Crippen LogP contribution in [0.1, 0.15) is 23.2 Å². The number of likely N-dealkylation sites (tertiary alicyclic amines) is 1. The van der Waals surface area contributed by atoms with E-state index in [-0.39, 0.29) is 11.8 Å². The van der Waals surface area contributed by atoms with Crippen LogP contribution in [-0.4, -0.2) is 42.7 Å². The summed E-state index contributed by atoms with van der Waals surface area (Å²) in [7, 11) is 1.62. The number of hydrogen-bond acceptors (Lipinski definition) is 4. The Morgan fingerprint density at radius 3 is 2.31 bits per heavy atom. The van der Waals surface area contributed by atoms with E-state index in [1.165, 1.54) is 11.8 Å². The van der Waals surface area contributed by atoms with E-state index < -0.39 is 0 Å². The summed E-state index contributed by atoms with van der Waals surface area (Å²) in [6.07, 6.45) is 2.15. The highest BCUT2D eigenvalue weighted by molar-refractivity contribution is 8.00. The number of thioether (sulfide) groups is 1. The van der Waals surface area contributed by atoms with Gasteiger partial charge in [-0.3, -0.25) is 9.59 Å². The van der Waals surface area contributed by atoms with Crippen molar-refractivity contribution >= 4 is 29.3 Å². The van der Waals surface area contributed by atoms with E-state index in [0.29, 0.717) is 17.0 Å². The highest BCUT2D eigenvalue weighted by atomic mass is 32.2. The van der Waals surface area contributed by atoms with Crippen molar-refractivity contribution in [2.45, 2.75) is 17.7 Å². The fourth-order valence-corrected chi connectivity index (χ4v) is 3.52. The first-order valence-electron chi connectivity index (χ1n) is 8.62. The number of hydrogen-bond donors (Lipinski definition) is 1. The topological polar surface area (TPSA) is 58.6 Å². The lowest BCUT2D eigenvalue weighted by atomic mass is 10.2. The Hall–Kier alpha value is -2.47. The lowest BCUT2D eigenvalue weighted by molar-refractivity contribution is -0.113. The molecule has 6 heteroatoms. The number of benzene rings is 2. The van der Waals surface area contributed by atoms with Crippen LogP contribution in [0.2, 0.25) is 0 Å². The van der Waals surface area contributed by atoms with Crippen molar-refractivity contribution in [2.24, 2.45) is 0 Å². The highest BCUT2D eigenvalue weighted by Crippen LogP contribution is 2.21. The number of carbonyl (C=O) groups is 2. The summed E-state index contributed by atoms with van der Waals surface area (Å²) in [5.41, 5.74) is 1.36. The molecule has 2 amide bonds. The summed E-state index contributed by atoms with van der Waals surface area (Å²) in [6.45, 7) is 1.67. The van der Waals surface area contributed by atoms with Gasteiger partial charge in [-0.1, -0.05) is 0 Å². The average molecular weight is 370 g/mol. The molecule has 0 aromatic heterocycles. The number of rotatable bonds is 6. The normalized spacial score (nSPS) is 13.5. The first kappa shape index (κ1) is 18.3. The molecule has 1 fully saturated rings. The van der Waals surface area contributed by atoms with E-state index in [9.17, 15) is 9.59 Å². The molecule has 5 nitrogen and oxygen atoms in total. The Balaban J connectivity index is 1.49. The van der Waals surface area contributed by atoms with Crippen LogP contribution in [0.5, 0.6) is 5.75 Å². The maximum absolute atomic E-state index is 12.3. The molecule has 0 atom stereocenters. The second-order valence-corrected chi connectivity index (χ2v) is 7.14. The first-order chi connectivity index (χ1) is 12.7. The molecule has 0 unspecified atom stereocenters. The standard InChI is InChI=1S/C20H22N2O3S/c1-25-17-8-10-18(11-9-17)26-14-19(23)21-16-6-4-15(5-7-16)20(24)22-12-2-3-13-22/h4-11H,2-3,12-14H2,1H3,(H,21,23). The van der Waals surface area contributed by atoms with E-state index in [4.69, 9.17) is 4.74 Å². The maximum atomic E-state index is 12.3. The van der Waals surface area contributed by atoms with Crippen molar-refractivity contribution in [1.29, 1.82) is 0 Å². The van der Waals surface area contributed by atoms with Gasteiger partial charge in [-0.05, 0) is 61.4 Å². The molecule has 1 N–H and O–H groups in total. The number of amides is 2. The molecule has 0 radical (unpaired) electrons. The SMILES string of the molecule is COc1ccc(SCC(=O)Nc2ccc(C(=O)N3CCCC3)cc2)cc1. The van der Waals surface area contributed by atoms with Crippen molar-refractivity contribution in [2.75, 3.05) is 31.3 Å². The van der Waals surface area contributed by atoms with Crippen molar-refractivity contribution < 1.29 is 14.3 Å². The molecule has 2 aromatic rings. The number of nitrogens with one attached hydrogen (secondary N) is 1. The summed E-state index contributed by atoms with van der Waals surface area (Å²) >= 11 is 1.46. The zero-order valence-electron chi connectivity index (χ0n) is 14.7. The van der Waals surface area contributed by atoms with Gasteiger partial charge < -0.3 is 15.0 Å². The largest absolute Gasteiger partial charge is 0.497 e. The Labute approximate surface area is 157 Å². The van der Waals surface area contributed by atoms with Crippen LogP contribution in [0.3, 0.4) is 0 Å². The van der Waals surface area contributed by atoms with Gasteiger partial charge in [-0.25, -0.2) is 0 Å². The molecule has 0 aliphatic carbocycles. The number of carbonyl (C=O) groups excluding carboxylic acids is 2.